The van der Waals surface area contributed by atoms with E-state index in [2.05, 4.69) is 44.7 Å². The zero-order valence-corrected chi connectivity index (χ0v) is 27.3. The maximum atomic E-state index is 13.7. The number of aromatic nitrogens is 2. The Labute approximate surface area is 279 Å². The zero-order valence-electron chi connectivity index (χ0n) is 27.3. The average Bonchev–Trinajstić information content (AvgIpc) is 3.57. The molecule has 1 aliphatic rings. The molecule has 4 aromatic rings. The van der Waals surface area contributed by atoms with Gasteiger partial charge in [0.15, 0.2) is 5.82 Å². The van der Waals surface area contributed by atoms with E-state index in [-0.39, 0.29) is 23.0 Å². The van der Waals surface area contributed by atoms with Crippen LogP contribution in [0.4, 0.5) is 30.4 Å². The number of nitrogens with zero attached hydrogens (tertiary/aromatic N) is 4. The third-order valence-corrected chi connectivity index (χ3v) is 8.53. The minimum Gasteiger partial charge on any atom is -0.372 e. The van der Waals surface area contributed by atoms with E-state index in [1.165, 1.54) is 29.1 Å². The van der Waals surface area contributed by atoms with Gasteiger partial charge in [0.05, 0.1) is 22.5 Å². The van der Waals surface area contributed by atoms with Crippen molar-refractivity contribution in [2.75, 3.05) is 54.8 Å². The van der Waals surface area contributed by atoms with Gasteiger partial charge in [0.2, 0.25) is 0 Å². The Balaban J connectivity index is 1.30. The van der Waals surface area contributed by atoms with Gasteiger partial charge in [-0.15, -0.1) is 0 Å². The van der Waals surface area contributed by atoms with Crippen LogP contribution < -0.4 is 20.9 Å². The van der Waals surface area contributed by atoms with Crippen molar-refractivity contribution in [1.82, 2.24) is 20.0 Å². The minimum atomic E-state index is -4.50. The second kappa shape index (κ2) is 15.9. The Bertz CT molecular complexity index is 1680. The number of halogens is 3. The molecule has 2 amide bonds. The monoisotopic (exact) mass is 661 g/mol. The summed E-state index contributed by atoms with van der Waals surface area (Å²) in [6, 6.07) is 19.0. The van der Waals surface area contributed by atoms with E-state index >= 15 is 0 Å². The van der Waals surface area contributed by atoms with Crippen LogP contribution in [-0.2, 0) is 12.7 Å². The number of alkyl halides is 3. The number of hydrogen-bond donors (Lipinski definition) is 3. The maximum absolute atomic E-state index is 13.7. The molecule has 9 nitrogen and oxygen atoms in total. The first kappa shape index (κ1) is 34.6. The third-order valence-electron chi connectivity index (χ3n) is 8.53. The van der Waals surface area contributed by atoms with Gasteiger partial charge in [0.25, 0.3) is 11.8 Å². The number of benzene rings is 3. The Morgan fingerprint density at radius 3 is 2.31 bits per heavy atom. The van der Waals surface area contributed by atoms with Crippen LogP contribution in [0.1, 0.15) is 65.0 Å². The first-order valence-electron chi connectivity index (χ1n) is 16.4. The predicted octanol–water partition coefficient (Wildman–Crippen LogP) is 6.82. The van der Waals surface area contributed by atoms with Crippen LogP contribution in [0.3, 0.4) is 0 Å². The molecule has 48 heavy (non-hydrogen) atoms. The van der Waals surface area contributed by atoms with Crippen LogP contribution in [0, 0.1) is 0 Å². The van der Waals surface area contributed by atoms with Crippen molar-refractivity contribution < 1.29 is 22.8 Å². The second-order valence-electron chi connectivity index (χ2n) is 11.8. The van der Waals surface area contributed by atoms with E-state index in [0.29, 0.717) is 17.8 Å². The van der Waals surface area contributed by atoms with Crippen molar-refractivity contribution in [3.8, 4) is 5.69 Å². The largest absolute Gasteiger partial charge is 0.416 e. The molecule has 0 radical (unpaired) electrons. The number of carbonyl (C=O) groups is 2. The quantitative estimate of drug-likeness (QED) is 0.136. The van der Waals surface area contributed by atoms with E-state index in [4.69, 9.17) is 0 Å². The first-order chi connectivity index (χ1) is 23.1. The Hall–Kier alpha value is -4.68. The topological polar surface area (TPSA) is 94.5 Å². The number of likely N-dealkylation sites (N-methyl/N-ethyl adjacent to an activating group) is 1. The predicted molar refractivity (Wildman–Crippen MR) is 183 cm³/mol. The van der Waals surface area contributed by atoms with Gasteiger partial charge in [-0.1, -0.05) is 32.0 Å². The lowest BCUT2D eigenvalue weighted by atomic mass is 10.1. The normalized spacial score (nSPS) is 13.5. The SMILES string of the molecule is CCN(CC)CCNCc1ccc(C(=O)Nc2ccc(N3CCCCC3)cc2C(=O)Nc2ccn(-c3cccc(C(F)(F)F)c3)n2)cc1. The van der Waals surface area contributed by atoms with Crippen LogP contribution in [0.5, 0.6) is 0 Å². The molecule has 12 heteroatoms. The van der Waals surface area contributed by atoms with Crippen molar-refractivity contribution in [2.45, 2.75) is 45.8 Å². The van der Waals surface area contributed by atoms with Crippen molar-refractivity contribution in [3.05, 3.63) is 101 Å². The lowest BCUT2D eigenvalue weighted by molar-refractivity contribution is -0.137. The van der Waals surface area contributed by atoms with Crippen molar-refractivity contribution in [2.24, 2.45) is 0 Å². The Kier molecular flexibility index (Phi) is 11.5. The van der Waals surface area contributed by atoms with Gasteiger partial charge in [-0.3, -0.25) is 9.59 Å². The van der Waals surface area contributed by atoms with E-state index in [0.717, 1.165) is 81.9 Å². The van der Waals surface area contributed by atoms with Crippen LogP contribution in [-0.4, -0.2) is 65.8 Å². The second-order valence-corrected chi connectivity index (χ2v) is 11.8. The molecule has 0 spiro atoms. The number of nitrogens with one attached hydrogen (secondary N) is 3. The lowest BCUT2D eigenvalue weighted by Crippen LogP contribution is -2.31. The molecule has 0 bridgehead atoms. The average molecular weight is 662 g/mol. The molecule has 1 aromatic heterocycles. The molecule has 5 rings (SSSR count). The molecule has 2 heterocycles. The van der Waals surface area contributed by atoms with E-state index in [1.807, 2.05) is 18.2 Å². The fourth-order valence-corrected chi connectivity index (χ4v) is 5.70. The highest BCUT2D eigenvalue weighted by Crippen LogP contribution is 2.31. The minimum absolute atomic E-state index is 0.152. The maximum Gasteiger partial charge on any atom is 0.416 e. The summed E-state index contributed by atoms with van der Waals surface area (Å²) in [5.74, 6) is -0.714. The summed E-state index contributed by atoms with van der Waals surface area (Å²) >= 11 is 0. The first-order valence-corrected chi connectivity index (χ1v) is 16.4. The number of hydrogen-bond acceptors (Lipinski definition) is 6. The molecular formula is C36H42F3N7O2. The zero-order chi connectivity index (χ0) is 34.1. The summed E-state index contributed by atoms with van der Waals surface area (Å²) in [5.41, 5.74) is 2.35. The summed E-state index contributed by atoms with van der Waals surface area (Å²) in [6.07, 6.45) is 0.230. The van der Waals surface area contributed by atoms with Gasteiger partial charge in [-0.2, -0.15) is 18.3 Å². The number of anilines is 3. The standard InChI is InChI=1S/C36H42F3N7O2/c1-3-44(4-2)22-18-40-25-26-11-13-27(14-12-26)34(47)41-32-16-15-29(45-19-6-5-7-20-45)24-31(32)35(48)42-33-17-21-46(43-33)30-10-8-9-28(23-30)36(37,38)39/h8-17,21,23-24,40H,3-7,18-20,22,25H2,1-2H3,(H,41,47)(H,42,43,48). The van der Waals surface area contributed by atoms with Crippen LogP contribution in [0.15, 0.2) is 79.0 Å². The van der Waals surface area contributed by atoms with Crippen molar-refractivity contribution in [3.63, 3.8) is 0 Å². The van der Waals surface area contributed by atoms with Gasteiger partial charge in [0.1, 0.15) is 0 Å². The van der Waals surface area contributed by atoms with E-state index < -0.39 is 17.6 Å². The molecule has 0 saturated carbocycles. The van der Waals surface area contributed by atoms with Gasteiger partial charge >= 0.3 is 6.18 Å². The molecule has 1 saturated heterocycles. The van der Waals surface area contributed by atoms with Gasteiger partial charge in [-0.05, 0) is 86.4 Å². The molecule has 3 aromatic carbocycles. The van der Waals surface area contributed by atoms with Gasteiger partial charge < -0.3 is 25.8 Å². The smallest absolute Gasteiger partial charge is 0.372 e. The summed E-state index contributed by atoms with van der Waals surface area (Å²) in [5, 5.41) is 13.4. The molecule has 0 aliphatic carbocycles. The van der Waals surface area contributed by atoms with Crippen molar-refractivity contribution in [1.29, 1.82) is 0 Å². The molecule has 1 fully saturated rings. The number of carbonyl (C=O) groups excluding carboxylic acids is 2. The van der Waals surface area contributed by atoms with Gasteiger partial charge in [0, 0.05) is 56.2 Å². The number of amides is 2. The molecule has 1 aliphatic heterocycles. The molecule has 254 valence electrons. The third kappa shape index (κ3) is 9.02. The Morgan fingerprint density at radius 2 is 1.60 bits per heavy atom. The van der Waals surface area contributed by atoms with Crippen molar-refractivity contribution >= 4 is 29.0 Å². The Morgan fingerprint density at radius 1 is 0.854 bits per heavy atom. The summed E-state index contributed by atoms with van der Waals surface area (Å²) in [7, 11) is 0. The van der Waals surface area contributed by atoms with E-state index in [1.54, 1.807) is 24.3 Å². The highest BCUT2D eigenvalue weighted by Gasteiger charge is 2.30. The van der Waals surface area contributed by atoms with Crippen LogP contribution in [0.25, 0.3) is 5.69 Å². The summed E-state index contributed by atoms with van der Waals surface area (Å²) in [6.45, 7) is 10.6. The molecule has 0 unspecified atom stereocenters. The summed E-state index contributed by atoms with van der Waals surface area (Å²) < 4.78 is 41.0. The highest BCUT2D eigenvalue weighted by molar-refractivity contribution is 6.12. The lowest BCUT2D eigenvalue weighted by Gasteiger charge is -2.29. The fraction of sp³-hybridized carbons (Fsp3) is 0.361. The molecular weight excluding hydrogens is 619 g/mol. The van der Waals surface area contributed by atoms with Gasteiger partial charge in [-0.25, -0.2) is 4.68 Å². The fourth-order valence-electron chi connectivity index (χ4n) is 5.70. The molecule has 0 atom stereocenters. The number of piperidine rings is 1. The highest BCUT2D eigenvalue weighted by atomic mass is 19.4. The molecule has 3 N–H and O–H groups in total. The van der Waals surface area contributed by atoms with Crippen LogP contribution >= 0.6 is 0 Å². The van der Waals surface area contributed by atoms with Crippen LogP contribution in [0.2, 0.25) is 0 Å². The van der Waals surface area contributed by atoms with E-state index in [9.17, 15) is 22.8 Å². The number of rotatable bonds is 13. The summed E-state index contributed by atoms with van der Waals surface area (Å²) in [4.78, 5) is 31.6.